The summed E-state index contributed by atoms with van der Waals surface area (Å²) in [6, 6.07) is 2.94. The number of hydrogen-bond acceptors (Lipinski definition) is 6. The van der Waals surface area contributed by atoms with Crippen molar-refractivity contribution in [1.82, 2.24) is 4.98 Å². The molecular weight excluding hydrogens is 248 g/mol. The zero-order valence-corrected chi connectivity index (χ0v) is 11.4. The third-order valence-corrected chi connectivity index (χ3v) is 3.37. The van der Waals surface area contributed by atoms with Crippen LogP contribution in [-0.4, -0.2) is 34.2 Å². The van der Waals surface area contributed by atoms with E-state index in [1.54, 1.807) is 13.1 Å². The lowest BCUT2D eigenvalue weighted by Crippen LogP contribution is -2.41. The van der Waals surface area contributed by atoms with Crippen LogP contribution in [0.5, 0.6) is 0 Å². The third kappa shape index (κ3) is 3.31. The molecular formula is C12H20N4O3. The molecule has 7 heteroatoms. The molecule has 0 aliphatic heterocycles. The summed E-state index contributed by atoms with van der Waals surface area (Å²) < 4.78 is 0. The van der Waals surface area contributed by atoms with Gasteiger partial charge in [-0.2, -0.15) is 0 Å². The van der Waals surface area contributed by atoms with E-state index in [-0.39, 0.29) is 18.1 Å². The molecule has 3 N–H and O–H groups in total. The van der Waals surface area contributed by atoms with Crippen molar-refractivity contribution in [2.24, 2.45) is 0 Å². The largest absolute Gasteiger partial charge is 0.394 e. The topological polar surface area (TPSA) is 100 Å². The van der Waals surface area contributed by atoms with Crippen molar-refractivity contribution in [3.8, 4) is 0 Å². The standard InChI is InChI=1S/C12H20N4O3/c1-4-12(5-2,8-17)15-11-9(16(18)19)6-7-10(13-3)14-11/h6-7,17H,4-5,8H2,1-3H3,(H2,13,14,15). The first-order valence-electron chi connectivity index (χ1n) is 6.24. The Morgan fingerprint density at radius 1 is 1.42 bits per heavy atom. The number of aliphatic hydroxyl groups is 1. The molecule has 1 rings (SSSR count). The molecule has 1 heterocycles. The number of rotatable bonds is 7. The van der Waals surface area contributed by atoms with Crippen LogP contribution in [0.1, 0.15) is 26.7 Å². The van der Waals surface area contributed by atoms with Gasteiger partial charge in [0, 0.05) is 13.1 Å². The number of nitrogens with one attached hydrogen (secondary N) is 2. The van der Waals surface area contributed by atoms with Crippen molar-refractivity contribution in [2.75, 3.05) is 24.3 Å². The van der Waals surface area contributed by atoms with Gasteiger partial charge in [0.25, 0.3) is 0 Å². The number of pyridine rings is 1. The van der Waals surface area contributed by atoms with E-state index < -0.39 is 10.5 Å². The first-order valence-corrected chi connectivity index (χ1v) is 6.24. The molecule has 0 atom stereocenters. The Labute approximate surface area is 112 Å². The average Bonchev–Trinajstić information content (AvgIpc) is 2.44. The Hall–Kier alpha value is -1.89. The minimum absolute atomic E-state index is 0.0984. The van der Waals surface area contributed by atoms with Crippen molar-refractivity contribution >= 4 is 17.3 Å². The SMILES string of the molecule is CCC(CC)(CO)Nc1nc(NC)ccc1[N+](=O)[O-]. The van der Waals surface area contributed by atoms with Crippen molar-refractivity contribution < 1.29 is 10.0 Å². The number of anilines is 2. The quantitative estimate of drug-likeness (QED) is 0.516. The number of nitro groups is 1. The highest BCUT2D eigenvalue weighted by molar-refractivity contribution is 5.61. The maximum atomic E-state index is 11.0. The van der Waals surface area contributed by atoms with E-state index in [1.807, 2.05) is 13.8 Å². The molecule has 0 fully saturated rings. The minimum Gasteiger partial charge on any atom is -0.394 e. The number of aliphatic hydroxyl groups excluding tert-OH is 1. The molecule has 0 aliphatic carbocycles. The zero-order chi connectivity index (χ0) is 14.5. The molecule has 106 valence electrons. The number of hydrogen-bond donors (Lipinski definition) is 3. The maximum Gasteiger partial charge on any atom is 0.311 e. The van der Waals surface area contributed by atoms with E-state index in [1.165, 1.54) is 6.07 Å². The Morgan fingerprint density at radius 3 is 2.47 bits per heavy atom. The highest BCUT2D eigenvalue weighted by Gasteiger charge is 2.29. The zero-order valence-electron chi connectivity index (χ0n) is 11.4. The summed E-state index contributed by atoms with van der Waals surface area (Å²) in [5.74, 6) is 0.710. The van der Waals surface area contributed by atoms with Crippen molar-refractivity contribution in [2.45, 2.75) is 32.2 Å². The van der Waals surface area contributed by atoms with Crippen LogP contribution in [0.15, 0.2) is 12.1 Å². The first-order chi connectivity index (χ1) is 9.01. The molecule has 0 bridgehead atoms. The van der Waals surface area contributed by atoms with Gasteiger partial charge < -0.3 is 15.7 Å². The van der Waals surface area contributed by atoms with Gasteiger partial charge in [-0.1, -0.05) is 13.8 Å². The second-order valence-corrected chi connectivity index (χ2v) is 4.34. The van der Waals surface area contributed by atoms with Gasteiger partial charge in [-0.3, -0.25) is 10.1 Å². The lowest BCUT2D eigenvalue weighted by atomic mass is 9.94. The smallest absolute Gasteiger partial charge is 0.311 e. The molecule has 0 aromatic carbocycles. The Kier molecular flexibility index (Phi) is 5.05. The summed E-state index contributed by atoms with van der Waals surface area (Å²) in [5, 5.41) is 26.4. The van der Waals surface area contributed by atoms with Gasteiger partial charge in [0.15, 0.2) is 0 Å². The highest BCUT2D eigenvalue weighted by Crippen LogP contribution is 2.29. The molecule has 7 nitrogen and oxygen atoms in total. The summed E-state index contributed by atoms with van der Waals surface area (Å²) >= 11 is 0. The van der Waals surface area contributed by atoms with E-state index in [0.717, 1.165) is 0 Å². The fourth-order valence-electron chi connectivity index (χ4n) is 1.77. The molecule has 1 aromatic heterocycles. The van der Waals surface area contributed by atoms with Gasteiger partial charge in [0.05, 0.1) is 17.1 Å². The average molecular weight is 268 g/mol. The van der Waals surface area contributed by atoms with Gasteiger partial charge in [-0.15, -0.1) is 0 Å². The molecule has 19 heavy (non-hydrogen) atoms. The minimum atomic E-state index is -0.593. The normalized spacial score (nSPS) is 11.2. The lowest BCUT2D eigenvalue weighted by Gasteiger charge is -2.31. The lowest BCUT2D eigenvalue weighted by molar-refractivity contribution is -0.384. The Morgan fingerprint density at radius 2 is 2.05 bits per heavy atom. The Bertz CT molecular complexity index is 438. The second-order valence-electron chi connectivity index (χ2n) is 4.34. The van der Waals surface area contributed by atoms with Crippen LogP contribution in [-0.2, 0) is 0 Å². The van der Waals surface area contributed by atoms with Gasteiger partial charge in [-0.05, 0) is 18.9 Å². The van der Waals surface area contributed by atoms with E-state index in [9.17, 15) is 15.2 Å². The molecule has 0 saturated carbocycles. The van der Waals surface area contributed by atoms with Gasteiger partial charge in [-0.25, -0.2) is 4.98 Å². The summed E-state index contributed by atoms with van der Waals surface area (Å²) in [6.07, 6.45) is 1.28. The molecule has 0 unspecified atom stereocenters. The van der Waals surface area contributed by atoms with Crippen LogP contribution >= 0.6 is 0 Å². The molecule has 1 aromatic rings. The Balaban J connectivity index is 3.19. The number of aromatic nitrogens is 1. The van der Waals surface area contributed by atoms with E-state index in [0.29, 0.717) is 18.7 Å². The van der Waals surface area contributed by atoms with Crippen molar-refractivity contribution in [3.63, 3.8) is 0 Å². The van der Waals surface area contributed by atoms with E-state index in [4.69, 9.17) is 0 Å². The number of nitrogens with zero attached hydrogens (tertiary/aromatic N) is 2. The van der Waals surface area contributed by atoms with Crippen LogP contribution in [0.2, 0.25) is 0 Å². The van der Waals surface area contributed by atoms with Gasteiger partial charge >= 0.3 is 5.69 Å². The first kappa shape index (κ1) is 15.2. The van der Waals surface area contributed by atoms with Crippen LogP contribution in [0, 0.1) is 10.1 Å². The fraction of sp³-hybridized carbons (Fsp3) is 0.583. The molecule has 0 aliphatic rings. The summed E-state index contributed by atoms with van der Waals surface area (Å²) in [6.45, 7) is 3.73. The third-order valence-electron chi connectivity index (χ3n) is 3.37. The van der Waals surface area contributed by atoms with Crippen LogP contribution in [0.3, 0.4) is 0 Å². The van der Waals surface area contributed by atoms with Crippen LogP contribution in [0.4, 0.5) is 17.3 Å². The van der Waals surface area contributed by atoms with Gasteiger partial charge in [0.1, 0.15) is 5.82 Å². The monoisotopic (exact) mass is 268 g/mol. The predicted octanol–water partition coefficient (Wildman–Crippen LogP) is 1.99. The molecule has 0 radical (unpaired) electrons. The summed E-state index contributed by atoms with van der Waals surface area (Å²) in [7, 11) is 1.69. The molecule has 0 saturated heterocycles. The predicted molar refractivity (Wildman–Crippen MR) is 74.5 cm³/mol. The molecule has 0 amide bonds. The van der Waals surface area contributed by atoms with Crippen molar-refractivity contribution in [1.29, 1.82) is 0 Å². The van der Waals surface area contributed by atoms with Crippen LogP contribution in [0.25, 0.3) is 0 Å². The maximum absolute atomic E-state index is 11.0. The van der Waals surface area contributed by atoms with E-state index in [2.05, 4.69) is 15.6 Å². The summed E-state index contributed by atoms with van der Waals surface area (Å²) in [4.78, 5) is 14.7. The van der Waals surface area contributed by atoms with Crippen molar-refractivity contribution in [3.05, 3.63) is 22.2 Å². The van der Waals surface area contributed by atoms with E-state index >= 15 is 0 Å². The fourth-order valence-corrected chi connectivity index (χ4v) is 1.77. The van der Waals surface area contributed by atoms with Crippen LogP contribution < -0.4 is 10.6 Å². The summed E-state index contributed by atoms with van der Waals surface area (Å²) in [5.41, 5.74) is -0.692. The second kappa shape index (κ2) is 6.33. The molecule has 0 spiro atoms. The van der Waals surface area contributed by atoms with Gasteiger partial charge in [0.2, 0.25) is 5.82 Å². The highest BCUT2D eigenvalue weighted by atomic mass is 16.6.